The first kappa shape index (κ1) is 18.8. The molecular weight excluding hydrogens is 311 g/mol. The third kappa shape index (κ3) is 6.23. The lowest BCUT2D eigenvalue weighted by atomic mass is 10.1. The van der Waals surface area contributed by atoms with Crippen molar-refractivity contribution in [1.29, 1.82) is 0 Å². The quantitative estimate of drug-likeness (QED) is 0.197. The molecule has 0 fully saturated rings. The minimum atomic E-state index is -4.60. The molecule has 124 valence electrons. The monoisotopic (exact) mass is 332 g/mol. The van der Waals surface area contributed by atoms with Crippen molar-refractivity contribution in [2.45, 2.75) is 25.6 Å². The van der Waals surface area contributed by atoms with Gasteiger partial charge in [0.25, 0.3) is 5.91 Å². The number of hydrogen-bond donors (Lipinski definition) is 5. The van der Waals surface area contributed by atoms with E-state index in [1.54, 1.807) is 6.07 Å². The van der Waals surface area contributed by atoms with Crippen molar-refractivity contribution in [1.82, 2.24) is 10.4 Å². The van der Waals surface area contributed by atoms with Gasteiger partial charge in [-0.2, -0.15) is 0 Å². The van der Waals surface area contributed by atoms with E-state index in [4.69, 9.17) is 14.9 Å². The van der Waals surface area contributed by atoms with E-state index < -0.39 is 25.9 Å². The highest BCUT2D eigenvalue weighted by Crippen LogP contribution is 2.38. The van der Waals surface area contributed by atoms with Crippen LogP contribution in [-0.2, 0) is 22.2 Å². The van der Waals surface area contributed by atoms with Gasteiger partial charge >= 0.3 is 7.60 Å². The van der Waals surface area contributed by atoms with Gasteiger partial charge in [-0.25, -0.2) is 5.06 Å². The Morgan fingerprint density at radius 1 is 1.36 bits per heavy atom. The SMILES string of the molecule is CCc1cccc(CC(=O)N(O)CNCC(O)P(=O)(O)O)c1. The number of hydroxylamine groups is 2. The van der Waals surface area contributed by atoms with Gasteiger partial charge in [-0.05, 0) is 17.5 Å². The number of amides is 1. The molecule has 22 heavy (non-hydrogen) atoms. The summed E-state index contributed by atoms with van der Waals surface area (Å²) in [6, 6.07) is 7.42. The molecule has 1 atom stereocenters. The summed E-state index contributed by atoms with van der Waals surface area (Å²) in [6.45, 7) is 1.21. The van der Waals surface area contributed by atoms with Gasteiger partial charge in [-0.15, -0.1) is 0 Å². The van der Waals surface area contributed by atoms with Crippen LogP contribution in [0.5, 0.6) is 0 Å². The topological polar surface area (TPSA) is 130 Å². The smallest absolute Gasteiger partial charge is 0.355 e. The Balaban J connectivity index is 2.43. The Kier molecular flexibility index (Phi) is 7.15. The zero-order valence-electron chi connectivity index (χ0n) is 12.2. The van der Waals surface area contributed by atoms with Crippen LogP contribution in [-0.4, -0.2) is 50.1 Å². The molecule has 0 aliphatic rings. The summed E-state index contributed by atoms with van der Waals surface area (Å²) in [5.74, 6) is -2.44. The van der Waals surface area contributed by atoms with Crippen molar-refractivity contribution in [2.24, 2.45) is 0 Å². The third-order valence-electron chi connectivity index (χ3n) is 3.02. The lowest BCUT2D eigenvalue weighted by Crippen LogP contribution is -2.40. The summed E-state index contributed by atoms with van der Waals surface area (Å²) in [4.78, 5) is 29.2. The summed E-state index contributed by atoms with van der Waals surface area (Å²) in [5.41, 5.74) is 1.84. The average molecular weight is 332 g/mol. The molecule has 1 amide bonds. The molecule has 0 spiro atoms. The normalized spacial score (nSPS) is 13.0. The fourth-order valence-electron chi connectivity index (χ4n) is 1.73. The van der Waals surface area contributed by atoms with Gasteiger partial charge in [0.15, 0.2) is 5.85 Å². The van der Waals surface area contributed by atoms with E-state index in [-0.39, 0.29) is 13.1 Å². The van der Waals surface area contributed by atoms with E-state index in [1.807, 2.05) is 25.1 Å². The Morgan fingerprint density at radius 3 is 2.59 bits per heavy atom. The molecule has 0 saturated heterocycles. The number of nitrogens with one attached hydrogen (secondary N) is 1. The lowest BCUT2D eigenvalue weighted by molar-refractivity contribution is -0.166. The van der Waals surface area contributed by atoms with Crippen LogP contribution in [0.3, 0.4) is 0 Å². The van der Waals surface area contributed by atoms with Crippen LogP contribution in [0.15, 0.2) is 24.3 Å². The molecule has 0 saturated carbocycles. The molecular formula is C13H21N2O6P. The number of aliphatic hydroxyl groups is 1. The van der Waals surface area contributed by atoms with Crippen LogP contribution >= 0.6 is 7.60 Å². The third-order valence-corrected chi connectivity index (χ3v) is 3.98. The second kappa shape index (κ2) is 8.38. The number of aryl methyl sites for hydroxylation is 1. The minimum absolute atomic E-state index is 0.00701. The number of carbonyl (C=O) groups is 1. The van der Waals surface area contributed by atoms with Gasteiger partial charge in [-0.3, -0.25) is 19.9 Å². The fraction of sp³-hybridized carbons (Fsp3) is 0.462. The predicted molar refractivity (Wildman–Crippen MR) is 79.1 cm³/mol. The molecule has 0 heterocycles. The zero-order chi connectivity index (χ0) is 16.8. The predicted octanol–water partition coefficient (Wildman–Crippen LogP) is 0.0525. The maximum atomic E-state index is 11.8. The molecule has 0 aliphatic carbocycles. The van der Waals surface area contributed by atoms with E-state index in [9.17, 15) is 14.6 Å². The second-order valence-electron chi connectivity index (χ2n) is 4.83. The van der Waals surface area contributed by atoms with E-state index in [0.29, 0.717) is 5.06 Å². The second-order valence-corrected chi connectivity index (χ2v) is 6.60. The van der Waals surface area contributed by atoms with E-state index in [2.05, 4.69) is 5.32 Å². The molecule has 8 nitrogen and oxygen atoms in total. The highest BCUT2D eigenvalue weighted by Gasteiger charge is 2.25. The van der Waals surface area contributed by atoms with E-state index >= 15 is 0 Å². The number of carbonyl (C=O) groups excluding carboxylic acids is 1. The number of hydrogen-bond acceptors (Lipinski definition) is 5. The summed E-state index contributed by atoms with van der Waals surface area (Å²) < 4.78 is 10.7. The van der Waals surface area contributed by atoms with E-state index in [1.165, 1.54) is 0 Å². The van der Waals surface area contributed by atoms with Crippen molar-refractivity contribution >= 4 is 13.5 Å². The molecule has 0 aliphatic heterocycles. The van der Waals surface area contributed by atoms with Gasteiger partial charge in [0.1, 0.15) is 0 Å². The standard InChI is InChI=1S/C13H21N2O6P/c1-2-10-4-3-5-11(6-10)7-12(16)15(18)9-14-8-13(17)22(19,20)21/h3-6,13-14,17-18H,2,7-9H2,1H3,(H2,19,20,21). The van der Waals surface area contributed by atoms with Gasteiger partial charge < -0.3 is 14.9 Å². The van der Waals surface area contributed by atoms with Crippen LogP contribution < -0.4 is 5.32 Å². The number of aliphatic hydroxyl groups excluding tert-OH is 1. The van der Waals surface area contributed by atoms with Gasteiger partial charge in [0.05, 0.1) is 13.1 Å². The van der Waals surface area contributed by atoms with Gasteiger partial charge in [0, 0.05) is 6.54 Å². The summed E-state index contributed by atoms with van der Waals surface area (Å²) >= 11 is 0. The number of benzene rings is 1. The summed E-state index contributed by atoms with van der Waals surface area (Å²) in [7, 11) is -4.60. The maximum Gasteiger partial charge on any atom is 0.355 e. The fourth-order valence-corrected chi connectivity index (χ4v) is 2.10. The zero-order valence-corrected chi connectivity index (χ0v) is 13.1. The molecule has 1 rings (SSSR count). The van der Waals surface area contributed by atoms with Crippen molar-refractivity contribution in [3.05, 3.63) is 35.4 Å². The summed E-state index contributed by atoms with van der Waals surface area (Å²) in [6.07, 6.45) is 0.847. The lowest BCUT2D eigenvalue weighted by Gasteiger charge is -2.18. The molecule has 9 heteroatoms. The Hall–Kier alpha value is -1.28. The van der Waals surface area contributed by atoms with Crippen LogP contribution in [0.2, 0.25) is 0 Å². The Morgan fingerprint density at radius 2 is 2.00 bits per heavy atom. The van der Waals surface area contributed by atoms with Crippen molar-refractivity contribution in [3.63, 3.8) is 0 Å². The molecule has 0 aromatic heterocycles. The molecule has 0 bridgehead atoms. The molecule has 1 aromatic rings. The Bertz CT molecular complexity index is 547. The average Bonchev–Trinajstić information content (AvgIpc) is 2.46. The highest BCUT2D eigenvalue weighted by molar-refractivity contribution is 7.52. The van der Waals surface area contributed by atoms with Crippen LogP contribution in [0, 0.1) is 0 Å². The molecule has 0 radical (unpaired) electrons. The van der Waals surface area contributed by atoms with Crippen LogP contribution in [0.1, 0.15) is 18.1 Å². The van der Waals surface area contributed by atoms with Crippen molar-refractivity contribution in [2.75, 3.05) is 13.2 Å². The largest absolute Gasteiger partial charge is 0.379 e. The molecule has 5 N–H and O–H groups in total. The molecule has 1 aromatic carbocycles. The highest BCUT2D eigenvalue weighted by atomic mass is 31.2. The van der Waals surface area contributed by atoms with Crippen molar-refractivity contribution < 1.29 is 29.5 Å². The van der Waals surface area contributed by atoms with Gasteiger partial charge in [0.2, 0.25) is 0 Å². The van der Waals surface area contributed by atoms with Crippen LogP contribution in [0.25, 0.3) is 0 Å². The maximum absolute atomic E-state index is 11.8. The van der Waals surface area contributed by atoms with Gasteiger partial charge in [-0.1, -0.05) is 31.2 Å². The minimum Gasteiger partial charge on any atom is -0.379 e. The Labute approximate surface area is 128 Å². The molecule has 1 unspecified atom stereocenters. The van der Waals surface area contributed by atoms with Crippen molar-refractivity contribution in [3.8, 4) is 0 Å². The first-order valence-corrected chi connectivity index (χ1v) is 8.43. The first-order valence-electron chi connectivity index (χ1n) is 6.75. The first-order chi connectivity index (χ1) is 10.2. The van der Waals surface area contributed by atoms with E-state index in [0.717, 1.165) is 17.5 Å². The summed E-state index contributed by atoms with van der Waals surface area (Å²) in [5, 5.41) is 21.5. The number of nitrogens with zero attached hydrogens (tertiary/aromatic N) is 1. The van der Waals surface area contributed by atoms with Crippen LogP contribution in [0.4, 0.5) is 0 Å². The number of rotatable bonds is 8.